The molecule has 3 N–H and O–H groups in total. The molecule has 1 amide bonds. The molecule has 1 aromatic carbocycles. The van der Waals surface area contributed by atoms with Gasteiger partial charge in [0, 0.05) is 11.6 Å². The van der Waals surface area contributed by atoms with Gasteiger partial charge in [-0.3, -0.25) is 4.79 Å². The van der Waals surface area contributed by atoms with Crippen LogP contribution in [0.4, 0.5) is 0 Å². The number of nitrogens with one attached hydrogen (secondary N) is 1. The molecule has 8 heteroatoms. The minimum Gasteiger partial charge on any atom is -0.353 e. The van der Waals surface area contributed by atoms with E-state index in [1.54, 1.807) is 6.07 Å². The SMILES string of the molecule is CCCCCC(C)NC(=O)CSc1nnc(-c2ccccc2Cl)n1N. The third-order valence-electron chi connectivity index (χ3n) is 3.76. The summed E-state index contributed by atoms with van der Waals surface area (Å²) < 4.78 is 1.36. The van der Waals surface area contributed by atoms with E-state index in [0.29, 0.717) is 21.6 Å². The molecule has 0 radical (unpaired) electrons. The molecule has 1 unspecified atom stereocenters. The van der Waals surface area contributed by atoms with Gasteiger partial charge in [0.15, 0.2) is 5.82 Å². The Hall–Kier alpha value is -1.73. The van der Waals surface area contributed by atoms with Crippen molar-refractivity contribution < 1.29 is 4.79 Å². The summed E-state index contributed by atoms with van der Waals surface area (Å²) in [5, 5.41) is 12.2. The average molecular weight is 382 g/mol. The number of thioether (sulfide) groups is 1. The highest BCUT2D eigenvalue weighted by Gasteiger charge is 2.16. The van der Waals surface area contributed by atoms with E-state index in [4.69, 9.17) is 17.4 Å². The molecule has 6 nitrogen and oxygen atoms in total. The van der Waals surface area contributed by atoms with Gasteiger partial charge in [0.1, 0.15) is 0 Å². The number of aromatic nitrogens is 3. The zero-order valence-electron chi connectivity index (χ0n) is 14.5. The fourth-order valence-electron chi connectivity index (χ4n) is 2.42. The number of nitrogens with zero attached hydrogens (tertiary/aromatic N) is 3. The maximum Gasteiger partial charge on any atom is 0.230 e. The first kappa shape index (κ1) is 19.6. The van der Waals surface area contributed by atoms with E-state index in [1.807, 2.05) is 25.1 Å². The lowest BCUT2D eigenvalue weighted by atomic mass is 10.1. The van der Waals surface area contributed by atoms with Crippen molar-refractivity contribution in [2.24, 2.45) is 0 Å². The van der Waals surface area contributed by atoms with Gasteiger partial charge in [-0.25, -0.2) is 4.68 Å². The Labute approximate surface area is 157 Å². The highest BCUT2D eigenvalue weighted by atomic mass is 35.5. The van der Waals surface area contributed by atoms with E-state index < -0.39 is 0 Å². The van der Waals surface area contributed by atoms with Gasteiger partial charge in [-0.1, -0.05) is 61.7 Å². The number of rotatable bonds is 9. The molecule has 1 heterocycles. The van der Waals surface area contributed by atoms with Gasteiger partial charge < -0.3 is 11.2 Å². The molecule has 136 valence electrons. The van der Waals surface area contributed by atoms with Crippen molar-refractivity contribution in [1.29, 1.82) is 0 Å². The van der Waals surface area contributed by atoms with E-state index in [0.717, 1.165) is 12.8 Å². The second kappa shape index (κ2) is 9.68. The minimum absolute atomic E-state index is 0.0312. The van der Waals surface area contributed by atoms with Gasteiger partial charge in [-0.2, -0.15) is 0 Å². The smallest absolute Gasteiger partial charge is 0.230 e. The second-order valence-electron chi connectivity index (χ2n) is 5.91. The molecule has 0 bridgehead atoms. The summed E-state index contributed by atoms with van der Waals surface area (Å²) in [4.78, 5) is 12.1. The predicted octanol–water partition coefficient (Wildman–Crippen LogP) is 3.49. The topological polar surface area (TPSA) is 85.8 Å². The Morgan fingerprint density at radius 3 is 2.84 bits per heavy atom. The fourth-order valence-corrected chi connectivity index (χ4v) is 3.31. The van der Waals surface area contributed by atoms with Crippen molar-refractivity contribution in [3.05, 3.63) is 29.3 Å². The molecule has 0 aliphatic carbocycles. The molecule has 0 fully saturated rings. The third-order valence-corrected chi connectivity index (χ3v) is 5.03. The Morgan fingerprint density at radius 1 is 1.36 bits per heavy atom. The van der Waals surface area contributed by atoms with Gasteiger partial charge in [0.2, 0.25) is 11.1 Å². The Bertz CT molecular complexity index is 706. The van der Waals surface area contributed by atoms with Crippen LogP contribution in [0.25, 0.3) is 11.4 Å². The Morgan fingerprint density at radius 2 is 2.12 bits per heavy atom. The number of hydrogen-bond donors (Lipinski definition) is 2. The highest BCUT2D eigenvalue weighted by Crippen LogP contribution is 2.27. The third kappa shape index (κ3) is 5.64. The number of nitrogen functional groups attached to an aromatic ring is 1. The summed E-state index contributed by atoms with van der Waals surface area (Å²) in [6, 6.07) is 7.47. The first-order valence-electron chi connectivity index (χ1n) is 8.40. The molecule has 2 rings (SSSR count). The molecule has 0 saturated heterocycles. The van der Waals surface area contributed by atoms with Gasteiger partial charge in [-0.15, -0.1) is 10.2 Å². The number of carbonyl (C=O) groups is 1. The number of nitrogens with two attached hydrogens (primary N) is 1. The van der Waals surface area contributed by atoms with E-state index in [1.165, 1.54) is 29.3 Å². The van der Waals surface area contributed by atoms with E-state index in [2.05, 4.69) is 22.4 Å². The first-order valence-corrected chi connectivity index (χ1v) is 9.76. The molecule has 0 saturated carbocycles. The van der Waals surface area contributed by atoms with Gasteiger partial charge in [0.05, 0.1) is 10.8 Å². The summed E-state index contributed by atoms with van der Waals surface area (Å²) in [6.45, 7) is 4.19. The molecular formula is C17H24ClN5OS. The molecule has 2 aromatic rings. The second-order valence-corrected chi connectivity index (χ2v) is 7.26. The van der Waals surface area contributed by atoms with Gasteiger partial charge >= 0.3 is 0 Å². The first-order chi connectivity index (χ1) is 12.0. The summed E-state index contributed by atoms with van der Waals surface area (Å²) >= 11 is 7.43. The van der Waals surface area contributed by atoms with Crippen LogP contribution in [0.5, 0.6) is 0 Å². The van der Waals surface area contributed by atoms with Crippen LogP contribution in [-0.4, -0.2) is 32.6 Å². The van der Waals surface area contributed by atoms with Crippen LogP contribution >= 0.6 is 23.4 Å². The van der Waals surface area contributed by atoms with Crippen LogP contribution in [-0.2, 0) is 4.79 Å². The van der Waals surface area contributed by atoms with Crippen molar-refractivity contribution >= 4 is 29.3 Å². The molecular weight excluding hydrogens is 358 g/mol. The minimum atomic E-state index is -0.0312. The lowest BCUT2D eigenvalue weighted by molar-refractivity contribution is -0.119. The summed E-state index contributed by atoms with van der Waals surface area (Å²) in [5.41, 5.74) is 0.708. The van der Waals surface area contributed by atoms with Crippen molar-refractivity contribution in [3.8, 4) is 11.4 Å². The number of unbranched alkanes of at least 4 members (excludes halogenated alkanes) is 2. The van der Waals surface area contributed by atoms with Crippen LogP contribution < -0.4 is 11.2 Å². The monoisotopic (exact) mass is 381 g/mol. The molecule has 0 spiro atoms. The van der Waals surface area contributed by atoms with Gasteiger partial charge in [0.25, 0.3) is 0 Å². The van der Waals surface area contributed by atoms with Gasteiger partial charge in [-0.05, 0) is 25.5 Å². The van der Waals surface area contributed by atoms with Crippen LogP contribution in [0.2, 0.25) is 5.02 Å². The number of benzene rings is 1. The van der Waals surface area contributed by atoms with Crippen LogP contribution in [0, 0.1) is 0 Å². The van der Waals surface area contributed by atoms with Crippen LogP contribution in [0.3, 0.4) is 0 Å². The van der Waals surface area contributed by atoms with Crippen molar-refractivity contribution in [1.82, 2.24) is 20.2 Å². The quantitative estimate of drug-likeness (QED) is 0.394. The molecule has 0 aliphatic heterocycles. The lowest BCUT2D eigenvalue weighted by Gasteiger charge is -2.13. The summed E-state index contributed by atoms with van der Waals surface area (Å²) in [5.74, 6) is 6.74. The highest BCUT2D eigenvalue weighted by molar-refractivity contribution is 7.99. The number of halogens is 1. The Kier molecular flexibility index (Phi) is 7.58. The molecule has 0 aliphatic rings. The van der Waals surface area contributed by atoms with Crippen molar-refractivity contribution in [2.45, 2.75) is 50.7 Å². The standard InChI is InChI=1S/C17H24ClN5OS/c1-3-4-5-8-12(2)20-15(24)11-25-17-22-21-16(23(17)19)13-9-6-7-10-14(13)18/h6-7,9-10,12H,3-5,8,11,19H2,1-2H3,(H,20,24). The predicted molar refractivity (Wildman–Crippen MR) is 103 cm³/mol. The fraction of sp³-hybridized carbons (Fsp3) is 0.471. The number of amides is 1. The summed E-state index contributed by atoms with van der Waals surface area (Å²) in [7, 11) is 0. The molecule has 1 aromatic heterocycles. The largest absolute Gasteiger partial charge is 0.353 e. The van der Waals surface area contributed by atoms with Crippen molar-refractivity contribution in [3.63, 3.8) is 0 Å². The summed E-state index contributed by atoms with van der Waals surface area (Å²) in [6.07, 6.45) is 4.49. The van der Waals surface area contributed by atoms with Crippen LogP contribution in [0.15, 0.2) is 29.4 Å². The average Bonchev–Trinajstić information content (AvgIpc) is 2.94. The normalized spacial score (nSPS) is 12.1. The maximum atomic E-state index is 12.1. The molecule has 25 heavy (non-hydrogen) atoms. The van der Waals surface area contributed by atoms with Crippen LogP contribution in [0.1, 0.15) is 39.5 Å². The maximum absolute atomic E-state index is 12.1. The van der Waals surface area contributed by atoms with E-state index in [-0.39, 0.29) is 17.7 Å². The van der Waals surface area contributed by atoms with Crippen molar-refractivity contribution in [2.75, 3.05) is 11.6 Å². The number of carbonyl (C=O) groups excluding carboxylic acids is 1. The zero-order chi connectivity index (χ0) is 18.2. The Balaban J connectivity index is 1.90. The molecule has 1 atom stereocenters. The number of hydrogen-bond acceptors (Lipinski definition) is 5. The van der Waals surface area contributed by atoms with E-state index >= 15 is 0 Å². The lowest BCUT2D eigenvalue weighted by Crippen LogP contribution is -2.33. The van der Waals surface area contributed by atoms with E-state index in [9.17, 15) is 4.79 Å². The zero-order valence-corrected chi connectivity index (χ0v) is 16.1.